The zero-order chi connectivity index (χ0) is 12.3. The number of benzene rings is 1. The Kier molecular flexibility index (Phi) is 3.77. The van der Waals surface area contributed by atoms with Crippen molar-refractivity contribution in [2.45, 2.75) is 18.7 Å². The number of nitrogen functional groups attached to an aromatic ring is 1. The van der Waals surface area contributed by atoms with Gasteiger partial charge in [0.25, 0.3) is 10.1 Å². The van der Waals surface area contributed by atoms with Gasteiger partial charge in [-0.15, -0.1) is 0 Å². The summed E-state index contributed by atoms with van der Waals surface area (Å²) in [7, 11) is -4.26. The summed E-state index contributed by atoms with van der Waals surface area (Å²) in [6.45, 7) is 4.51. The second-order valence-corrected chi connectivity index (χ2v) is 5.27. The molecular formula is C10H15NO4S. The Morgan fingerprint density at radius 1 is 1.44 bits per heavy atom. The average Bonchev–Trinajstić information content (AvgIpc) is 2.12. The molecule has 0 aliphatic carbocycles. The molecule has 3 N–H and O–H groups in total. The molecule has 0 spiro atoms. The van der Waals surface area contributed by atoms with Crippen molar-refractivity contribution in [1.29, 1.82) is 0 Å². The van der Waals surface area contributed by atoms with Crippen LogP contribution < -0.4 is 10.5 Å². The summed E-state index contributed by atoms with van der Waals surface area (Å²) in [5.74, 6) is 0.848. The molecule has 1 rings (SSSR count). The molecule has 0 amide bonds. The van der Waals surface area contributed by atoms with Crippen LogP contribution in [0.4, 0.5) is 5.69 Å². The van der Waals surface area contributed by atoms with Crippen LogP contribution >= 0.6 is 0 Å². The molecule has 0 radical (unpaired) electrons. The third-order valence-corrected chi connectivity index (χ3v) is 2.77. The van der Waals surface area contributed by atoms with Crippen molar-refractivity contribution < 1.29 is 17.7 Å². The SMILES string of the molecule is CC(C)COc1ccc(S(=O)(=O)O)c(N)c1. The molecule has 1 aromatic carbocycles. The van der Waals surface area contributed by atoms with Gasteiger partial charge in [0, 0.05) is 6.07 Å². The van der Waals surface area contributed by atoms with E-state index in [1.54, 1.807) is 0 Å². The van der Waals surface area contributed by atoms with Crippen molar-refractivity contribution >= 4 is 15.8 Å². The van der Waals surface area contributed by atoms with Gasteiger partial charge in [0.2, 0.25) is 0 Å². The lowest BCUT2D eigenvalue weighted by Gasteiger charge is -2.10. The molecule has 5 nitrogen and oxygen atoms in total. The molecule has 0 saturated heterocycles. The molecular weight excluding hydrogens is 230 g/mol. The van der Waals surface area contributed by atoms with Gasteiger partial charge < -0.3 is 10.5 Å². The molecule has 0 heterocycles. The molecule has 0 bridgehead atoms. The molecule has 16 heavy (non-hydrogen) atoms. The zero-order valence-electron chi connectivity index (χ0n) is 9.17. The van der Waals surface area contributed by atoms with Crippen LogP contribution in [0.3, 0.4) is 0 Å². The molecule has 0 aliphatic rings. The number of rotatable bonds is 4. The van der Waals surface area contributed by atoms with Gasteiger partial charge in [-0.2, -0.15) is 8.42 Å². The maximum absolute atomic E-state index is 10.9. The Balaban J connectivity index is 2.92. The molecule has 6 heteroatoms. The van der Waals surface area contributed by atoms with Crippen molar-refractivity contribution in [3.63, 3.8) is 0 Å². The fraction of sp³-hybridized carbons (Fsp3) is 0.400. The van der Waals surface area contributed by atoms with Crippen LogP contribution in [0.2, 0.25) is 0 Å². The predicted molar refractivity (Wildman–Crippen MR) is 61.0 cm³/mol. The lowest BCUT2D eigenvalue weighted by Crippen LogP contribution is -2.06. The summed E-state index contributed by atoms with van der Waals surface area (Å²) in [5.41, 5.74) is 5.47. The maximum Gasteiger partial charge on any atom is 0.296 e. The first-order valence-electron chi connectivity index (χ1n) is 4.80. The first-order chi connectivity index (χ1) is 7.30. The fourth-order valence-electron chi connectivity index (χ4n) is 1.11. The molecule has 1 aromatic rings. The smallest absolute Gasteiger partial charge is 0.296 e. The van der Waals surface area contributed by atoms with Crippen molar-refractivity contribution in [2.24, 2.45) is 5.92 Å². The van der Waals surface area contributed by atoms with E-state index >= 15 is 0 Å². The zero-order valence-corrected chi connectivity index (χ0v) is 9.99. The second kappa shape index (κ2) is 4.71. The number of hydrogen-bond donors (Lipinski definition) is 2. The van der Waals surface area contributed by atoms with Crippen LogP contribution in [-0.4, -0.2) is 19.6 Å². The first-order valence-corrected chi connectivity index (χ1v) is 6.24. The molecule has 0 atom stereocenters. The van der Waals surface area contributed by atoms with Gasteiger partial charge >= 0.3 is 0 Å². The Morgan fingerprint density at radius 2 is 2.06 bits per heavy atom. The summed E-state index contributed by atoms with van der Waals surface area (Å²) in [5, 5.41) is 0. The van der Waals surface area contributed by atoms with Gasteiger partial charge in [-0.3, -0.25) is 4.55 Å². The van der Waals surface area contributed by atoms with E-state index in [0.29, 0.717) is 18.3 Å². The highest BCUT2D eigenvalue weighted by Crippen LogP contribution is 2.23. The standard InChI is InChI=1S/C10H15NO4S/c1-7(2)6-15-8-3-4-10(9(11)5-8)16(12,13)14/h3-5,7H,6,11H2,1-2H3,(H,12,13,14). The third-order valence-electron chi connectivity index (χ3n) is 1.84. The normalized spacial score (nSPS) is 11.8. The lowest BCUT2D eigenvalue weighted by molar-refractivity contribution is 0.271. The summed E-state index contributed by atoms with van der Waals surface area (Å²) in [4.78, 5) is -0.301. The van der Waals surface area contributed by atoms with Crippen molar-refractivity contribution in [3.05, 3.63) is 18.2 Å². The first kappa shape index (κ1) is 12.8. The monoisotopic (exact) mass is 245 g/mol. The quantitative estimate of drug-likeness (QED) is 0.620. The Bertz CT molecular complexity index is 468. The molecule has 0 saturated carbocycles. The van der Waals surface area contributed by atoms with Gasteiger partial charge in [0.1, 0.15) is 10.6 Å². The number of ether oxygens (including phenoxy) is 1. The molecule has 0 fully saturated rings. The Labute approximate surface area is 95.0 Å². The van der Waals surface area contributed by atoms with E-state index in [-0.39, 0.29) is 10.6 Å². The van der Waals surface area contributed by atoms with Gasteiger partial charge in [0.15, 0.2) is 0 Å². The maximum atomic E-state index is 10.9. The van der Waals surface area contributed by atoms with Gasteiger partial charge in [-0.05, 0) is 18.1 Å². The van der Waals surface area contributed by atoms with E-state index in [0.717, 1.165) is 0 Å². The van der Waals surface area contributed by atoms with Gasteiger partial charge in [-0.25, -0.2) is 0 Å². The average molecular weight is 245 g/mol. The van der Waals surface area contributed by atoms with Crippen molar-refractivity contribution in [2.75, 3.05) is 12.3 Å². The van der Waals surface area contributed by atoms with E-state index in [1.807, 2.05) is 13.8 Å². The van der Waals surface area contributed by atoms with Crippen molar-refractivity contribution in [3.8, 4) is 5.75 Å². The summed E-state index contributed by atoms with van der Waals surface area (Å²) in [6.07, 6.45) is 0. The Morgan fingerprint density at radius 3 is 2.50 bits per heavy atom. The van der Waals surface area contributed by atoms with Gasteiger partial charge in [-0.1, -0.05) is 13.8 Å². The minimum absolute atomic E-state index is 0.0243. The third kappa shape index (κ3) is 3.39. The van der Waals surface area contributed by atoms with E-state index in [9.17, 15) is 8.42 Å². The molecule has 90 valence electrons. The highest BCUT2D eigenvalue weighted by molar-refractivity contribution is 7.86. The van der Waals surface area contributed by atoms with E-state index in [4.69, 9.17) is 15.0 Å². The van der Waals surface area contributed by atoms with Crippen LogP contribution in [0.25, 0.3) is 0 Å². The van der Waals surface area contributed by atoms with Crippen LogP contribution in [0.1, 0.15) is 13.8 Å². The van der Waals surface area contributed by atoms with Gasteiger partial charge in [0.05, 0.1) is 12.3 Å². The van der Waals surface area contributed by atoms with E-state index < -0.39 is 10.1 Å². The topological polar surface area (TPSA) is 89.6 Å². The van der Waals surface area contributed by atoms with Crippen LogP contribution in [0.5, 0.6) is 5.75 Å². The minimum atomic E-state index is -4.26. The summed E-state index contributed by atoms with van der Waals surface area (Å²) in [6, 6.07) is 4.06. The highest BCUT2D eigenvalue weighted by Gasteiger charge is 2.14. The largest absolute Gasteiger partial charge is 0.493 e. The molecule has 0 aliphatic heterocycles. The number of hydrogen-bond acceptors (Lipinski definition) is 4. The second-order valence-electron chi connectivity index (χ2n) is 3.88. The van der Waals surface area contributed by atoms with Crippen LogP contribution in [-0.2, 0) is 10.1 Å². The minimum Gasteiger partial charge on any atom is -0.493 e. The van der Waals surface area contributed by atoms with E-state index in [2.05, 4.69) is 0 Å². The summed E-state index contributed by atoms with van der Waals surface area (Å²) < 4.78 is 35.9. The number of nitrogens with two attached hydrogens (primary N) is 1. The predicted octanol–water partition coefficient (Wildman–Crippen LogP) is 1.55. The lowest BCUT2D eigenvalue weighted by atomic mass is 10.2. The summed E-state index contributed by atoms with van der Waals surface area (Å²) >= 11 is 0. The van der Waals surface area contributed by atoms with E-state index in [1.165, 1.54) is 18.2 Å². The molecule has 0 aromatic heterocycles. The highest BCUT2D eigenvalue weighted by atomic mass is 32.2. The Hall–Kier alpha value is -1.27. The van der Waals surface area contributed by atoms with Crippen LogP contribution in [0.15, 0.2) is 23.1 Å². The fourth-order valence-corrected chi connectivity index (χ4v) is 1.71. The van der Waals surface area contributed by atoms with Crippen LogP contribution in [0, 0.1) is 5.92 Å². The molecule has 0 unspecified atom stereocenters. The number of anilines is 1. The van der Waals surface area contributed by atoms with Crippen molar-refractivity contribution in [1.82, 2.24) is 0 Å².